The van der Waals surface area contributed by atoms with Crippen molar-refractivity contribution in [1.82, 2.24) is 14.5 Å². The molecule has 0 spiro atoms. The summed E-state index contributed by atoms with van der Waals surface area (Å²) in [5.74, 6) is 0.923. The van der Waals surface area contributed by atoms with Crippen LogP contribution < -0.4 is 5.32 Å². The van der Waals surface area contributed by atoms with Crippen molar-refractivity contribution in [3.63, 3.8) is 0 Å². The molecule has 1 heterocycles. The van der Waals surface area contributed by atoms with Crippen LogP contribution in [0.2, 0.25) is 0 Å². The molecule has 0 saturated carbocycles. The van der Waals surface area contributed by atoms with E-state index in [1.54, 1.807) is 0 Å². The molecule has 0 saturated heterocycles. The zero-order valence-electron chi connectivity index (χ0n) is 10.3. The molecule has 0 aliphatic heterocycles. The molecule has 0 aliphatic carbocycles. The van der Waals surface area contributed by atoms with Crippen molar-refractivity contribution in [2.45, 2.75) is 20.4 Å². The number of likely N-dealkylation sites (N-methyl/N-ethyl adjacent to an activating group) is 1. The molecule has 0 amide bonds. The molecule has 1 aromatic rings. The second-order valence-corrected chi connectivity index (χ2v) is 3.65. The lowest BCUT2D eigenvalue weighted by molar-refractivity contribution is 0.315. The Hall–Kier alpha value is -1.29. The van der Waals surface area contributed by atoms with Gasteiger partial charge >= 0.3 is 0 Å². The fourth-order valence-electron chi connectivity index (χ4n) is 1.63. The van der Waals surface area contributed by atoms with Gasteiger partial charge in [0.25, 0.3) is 0 Å². The maximum absolute atomic E-state index is 4.27. The van der Waals surface area contributed by atoms with E-state index in [9.17, 15) is 0 Å². The van der Waals surface area contributed by atoms with E-state index in [0.717, 1.165) is 38.7 Å². The molecule has 0 radical (unpaired) electrons. The van der Waals surface area contributed by atoms with E-state index in [2.05, 4.69) is 40.2 Å². The van der Waals surface area contributed by atoms with E-state index >= 15 is 0 Å². The Morgan fingerprint density at radius 1 is 1.50 bits per heavy atom. The topological polar surface area (TPSA) is 33.1 Å². The van der Waals surface area contributed by atoms with E-state index in [-0.39, 0.29) is 0 Å². The summed E-state index contributed by atoms with van der Waals surface area (Å²) in [5.41, 5.74) is 0. The SMILES string of the molecule is C=CCn1ccnc1NCCN(CC)CC. The van der Waals surface area contributed by atoms with Crippen molar-refractivity contribution in [2.75, 3.05) is 31.5 Å². The van der Waals surface area contributed by atoms with Gasteiger partial charge in [-0.25, -0.2) is 4.98 Å². The monoisotopic (exact) mass is 222 g/mol. The van der Waals surface area contributed by atoms with Crippen LogP contribution in [0.3, 0.4) is 0 Å². The fraction of sp³-hybridized carbons (Fsp3) is 0.583. The van der Waals surface area contributed by atoms with Crippen LogP contribution in [-0.4, -0.2) is 40.6 Å². The van der Waals surface area contributed by atoms with Crippen LogP contribution in [0.5, 0.6) is 0 Å². The molecule has 0 fully saturated rings. The summed E-state index contributed by atoms with van der Waals surface area (Å²) in [6.45, 7) is 13.1. The van der Waals surface area contributed by atoms with E-state index in [1.807, 2.05) is 18.5 Å². The van der Waals surface area contributed by atoms with Gasteiger partial charge in [-0.3, -0.25) is 0 Å². The summed E-state index contributed by atoms with van der Waals surface area (Å²) < 4.78 is 2.05. The van der Waals surface area contributed by atoms with Crippen molar-refractivity contribution >= 4 is 5.95 Å². The predicted molar refractivity (Wildman–Crippen MR) is 68.7 cm³/mol. The average molecular weight is 222 g/mol. The minimum Gasteiger partial charge on any atom is -0.354 e. The standard InChI is InChI=1S/C12H22N4/c1-4-9-16-11-8-14-12(16)13-7-10-15(5-2)6-3/h4,8,11H,1,5-7,9-10H2,2-3H3,(H,13,14). The predicted octanol–water partition coefficient (Wildman–Crippen LogP) is 1.82. The Balaban J connectivity index is 2.36. The Kier molecular flexibility index (Phi) is 5.64. The first-order valence-electron chi connectivity index (χ1n) is 5.90. The van der Waals surface area contributed by atoms with E-state index in [4.69, 9.17) is 0 Å². The van der Waals surface area contributed by atoms with Crippen LogP contribution in [0.25, 0.3) is 0 Å². The first-order chi connectivity index (χ1) is 7.81. The van der Waals surface area contributed by atoms with Crippen molar-refractivity contribution in [3.8, 4) is 0 Å². The van der Waals surface area contributed by atoms with E-state index in [0.29, 0.717) is 0 Å². The minimum absolute atomic E-state index is 0.799. The van der Waals surface area contributed by atoms with Gasteiger partial charge in [0.05, 0.1) is 0 Å². The molecule has 0 unspecified atom stereocenters. The third-order valence-electron chi connectivity index (χ3n) is 2.65. The summed E-state index contributed by atoms with van der Waals surface area (Å²) >= 11 is 0. The molecule has 4 heteroatoms. The van der Waals surface area contributed by atoms with Crippen LogP contribution in [0.4, 0.5) is 5.95 Å². The number of allylic oxidation sites excluding steroid dienone is 1. The molecule has 0 atom stereocenters. The zero-order valence-corrected chi connectivity index (χ0v) is 10.3. The van der Waals surface area contributed by atoms with Gasteiger partial charge in [-0.15, -0.1) is 6.58 Å². The van der Waals surface area contributed by atoms with E-state index < -0.39 is 0 Å². The summed E-state index contributed by atoms with van der Waals surface area (Å²) in [6, 6.07) is 0. The Morgan fingerprint density at radius 2 is 2.25 bits per heavy atom. The lowest BCUT2D eigenvalue weighted by Crippen LogP contribution is -2.29. The summed E-state index contributed by atoms with van der Waals surface area (Å²) in [7, 11) is 0. The van der Waals surface area contributed by atoms with Gasteiger partial charge in [-0.2, -0.15) is 0 Å². The molecule has 0 aromatic carbocycles. The first-order valence-corrected chi connectivity index (χ1v) is 5.90. The van der Waals surface area contributed by atoms with Crippen molar-refractivity contribution in [3.05, 3.63) is 25.0 Å². The second-order valence-electron chi connectivity index (χ2n) is 3.65. The highest BCUT2D eigenvalue weighted by atomic mass is 15.2. The maximum Gasteiger partial charge on any atom is 0.203 e. The van der Waals surface area contributed by atoms with Crippen LogP contribution in [0.15, 0.2) is 25.0 Å². The molecule has 0 bridgehead atoms. The lowest BCUT2D eigenvalue weighted by atomic mass is 10.4. The van der Waals surface area contributed by atoms with Crippen LogP contribution in [-0.2, 0) is 6.54 Å². The van der Waals surface area contributed by atoms with Gasteiger partial charge in [0.2, 0.25) is 5.95 Å². The third-order valence-corrected chi connectivity index (χ3v) is 2.65. The maximum atomic E-state index is 4.27. The number of anilines is 1. The van der Waals surface area contributed by atoms with Crippen LogP contribution in [0.1, 0.15) is 13.8 Å². The summed E-state index contributed by atoms with van der Waals surface area (Å²) in [5, 5.41) is 3.34. The van der Waals surface area contributed by atoms with Crippen molar-refractivity contribution < 1.29 is 0 Å². The molecule has 16 heavy (non-hydrogen) atoms. The molecule has 1 aromatic heterocycles. The average Bonchev–Trinajstić information content (AvgIpc) is 2.73. The fourth-order valence-corrected chi connectivity index (χ4v) is 1.63. The van der Waals surface area contributed by atoms with Crippen LogP contribution >= 0.6 is 0 Å². The number of rotatable bonds is 8. The normalized spacial score (nSPS) is 10.7. The number of nitrogens with zero attached hydrogens (tertiary/aromatic N) is 3. The Morgan fingerprint density at radius 3 is 2.88 bits per heavy atom. The van der Waals surface area contributed by atoms with E-state index in [1.165, 1.54) is 0 Å². The number of hydrogen-bond acceptors (Lipinski definition) is 3. The highest BCUT2D eigenvalue weighted by Crippen LogP contribution is 2.03. The van der Waals surface area contributed by atoms with Gasteiger partial charge in [-0.05, 0) is 13.1 Å². The molecule has 4 nitrogen and oxygen atoms in total. The summed E-state index contributed by atoms with van der Waals surface area (Å²) in [4.78, 5) is 6.65. The lowest BCUT2D eigenvalue weighted by Gasteiger charge is -2.18. The largest absolute Gasteiger partial charge is 0.354 e. The summed E-state index contributed by atoms with van der Waals surface area (Å²) in [6.07, 6.45) is 5.64. The van der Waals surface area contributed by atoms with Gasteiger partial charge in [0.15, 0.2) is 0 Å². The highest BCUT2D eigenvalue weighted by Gasteiger charge is 2.01. The zero-order chi connectivity index (χ0) is 11.8. The van der Waals surface area contributed by atoms with Gasteiger partial charge in [-0.1, -0.05) is 19.9 Å². The minimum atomic E-state index is 0.799. The third kappa shape index (κ3) is 3.70. The molecule has 1 rings (SSSR count). The number of aromatic nitrogens is 2. The van der Waals surface area contributed by atoms with Gasteiger partial charge in [0, 0.05) is 32.0 Å². The van der Waals surface area contributed by atoms with Crippen LogP contribution in [0, 0.1) is 0 Å². The molecular weight excluding hydrogens is 200 g/mol. The molecule has 90 valence electrons. The number of nitrogens with one attached hydrogen (secondary N) is 1. The van der Waals surface area contributed by atoms with Crippen molar-refractivity contribution in [2.24, 2.45) is 0 Å². The van der Waals surface area contributed by atoms with Crippen molar-refractivity contribution in [1.29, 1.82) is 0 Å². The number of hydrogen-bond donors (Lipinski definition) is 1. The Bertz CT molecular complexity index is 302. The van der Waals surface area contributed by atoms with Gasteiger partial charge < -0.3 is 14.8 Å². The molecule has 1 N–H and O–H groups in total. The highest BCUT2D eigenvalue weighted by molar-refractivity contribution is 5.26. The quantitative estimate of drug-likeness (QED) is 0.681. The second kappa shape index (κ2) is 7.06. The Labute approximate surface area is 98.0 Å². The first kappa shape index (κ1) is 12.8. The molecule has 0 aliphatic rings. The van der Waals surface area contributed by atoms with Gasteiger partial charge in [0.1, 0.15) is 0 Å². The smallest absolute Gasteiger partial charge is 0.203 e. The molecular formula is C12H22N4. The number of imidazole rings is 1.